The third-order valence-corrected chi connectivity index (χ3v) is 4.87. The molecule has 0 aliphatic heterocycles. The van der Waals surface area contributed by atoms with Crippen LogP contribution in [0.1, 0.15) is 45.7 Å². The first-order valence-electron chi connectivity index (χ1n) is 7.42. The van der Waals surface area contributed by atoms with Crippen LogP contribution in [-0.2, 0) is 6.54 Å². The number of nitrogens with zero attached hydrogens (tertiary/aromatic N) is 1. The molecule has 0 spiro atoms. The number of benzene rings is 1. The normalized spacial score (nSPS) is 10.7. The number of rotatable bonds is 6. The lowest BCUT2D eigenvalue weighted by molar-refractivity contribution is 0.0954. The maximum atomic E-state index is 12.4. The minimum Gasteiger partial charge on any atom is -0.493 e. The summed E-state index contributed by atoms with van der Waals surface area (Å²) in [5.74, 6) is 1.55. The Hall–Kier alpha value is -2.08. The van der Waals surface area contributed by atoms with Crippen LogP contribution in [0.5, 0.6) is 11.5 Å². The van der Waals surface area contributed by atoms with Crippen molar-refractivity contribution in [2.45, 2.75) is 33.2 Å². The summed E-state index contributed by atoms with van der Waals surface area (Å²) in [6.07, 6.45) is 0. The molecule has 0 bridgehead atoms. The van der Waals surface area contributed by atoms with Crippen molar-refractivity contribution in [1.82, 2.24) is 10.3 Å². The Kier molecular flexibility index (Phi) is 5.60. The monoisotopic (exact) mass is 334 g/mol. The fourth-order valence-corrected chi connectivity index (χ4v) is 3.11. The largest absolute Gasteiger partial charge is 0.493 e. The van der Waals surface area contributed by atoms with Crippen molar-refractivity contribution in [2.75, 3.05) is 14.2 Å². The number of hydrogen-bond donors (Lipinski definition) is 1. The molecular formula is C17H22N2O3S. The summed E-state index contributed by atoms with van der Waals surface area (Å²) in [5, 5.41) is 3.92. The van der Waals surface area contributed by atoms with Crippen LogP contribution in [0.3, 0.4) is 0 Å². The van der Waals surface area contributed by atoms with Gasteiger partial charge in [0.15, 0.2) is 11.5 Å². The van der Waals surface area contributed by atoms with E-state index in [1.54, 1.807) is 14.2 Å². The molecule has 2 aromatic rings. The zero-order valence-corrected chi connectivity index (χ0v) is 14.9. The number of thiazole rings is 1. The zero-order valence-electron chi connectivity index (χ0n) is 14.1. The second-order valence-corrected chi connectivity index (χ2v) is 6.52. The van der Waals surface area contributed by atoms with Crippen LogP contribution in [0.25, 0.3) is 0 Å². The predicted molar refractivity (Wildman–Crippen MR) is 91.7 cm³/mol. The molecule has 0 aliphatic rings. The summed E-state index contributed by atoms with van der Waals surface area (Å²) in [6.45, 7) is 6.44. The van der Waals surface area contributed by atoms with Gasteiger partial charge >= 0.3 is 0 Å². The lowest BCUT2D eigenvalue weighted by Gasteiger charge is -2.10. The molecule has 1 aromatic heterocycles. The second-order valence-electron chi connectivity index (χ2n) is 5.49. The van der Waals surface area contributed by atoms with Crippen LogP contribution in [-0.4, -0.2) is 25.1 Å². The van der Waals surface area contributed by atoms with E-state index in [4.69, 9.17) is 9.47 Å². The Bertz CT molecular complexity index is 695. The van der Waals surface area contributed by atoms with Crippen molar-refractivity contribution in [3.8, 4) is 11.5 Å². The maximum Gasteiger partial charge on any atom is 0.263 e. The predicted octanol–water partition coefficient (Wildman–Crippen LogP) is 3.52. The minimum atomic E-state index is -0.0957. The number of carbonyl (C=O) groups excluding carboxylic acids is 1. The minimum absolute atomic E-state index is 0.0957. The first-order valence-corrected chi connectivity index (χ1v) is 8.24. The van der Waals surface area contributed by atoms with Crippen molar-refractivity contribution in [3.63, 3.8) is 0 Å². The fourth-order valence-electron chi connectivity index (χ4n) is 2.13. The molecule has 1 amide bonds. The zero-order chi connectivity index (χ0) is 17.0. The highest BCUT2D eigenvalue weighted by Crippen LogP contribution is 2.28. The Balaban J connectivity index is 2.07. The van der Waals surface area contributed by atoms with Gasteiger partial charge in [-0.25, -0.2) is 4.98 Å². The third kappa shape index (κ3) is 4.01. The molecule has 0 radical (unpaired) electrons. The highest BCUT2D eigenvalue weighted by molar-refractivity contribution is 7.13. The first-order chi connectivity index (χ1) is 11.0. The molecular weight excluding hydrogens is 312 g/mol. The molecule has 0 saturated heterocycles. The summed E-state index contributed by atoms with van der Waals surface area (Å²) in [4.78, 5) is 17.5. The molecule has 23 heavy (non-hydrogen) atoms. The Morgan fingerprint density at radius 1 is 1.26 bits per heavy atom. The summed E-state index contributed by atoms with van der Waals surface area (Å²) < 4.78 is 10.5. The fraction of sp³-hybridized carbons (Fsp3) is 0.412. The van der Waals surface area contributed by atoms with Gasteiger partial charge in [0.25, 0.3) is 5.91 Å². The molecule has 6 heteroatoms. The highest BCUT2D eigenvalue weighted by Gasteiger charge is 2.16. The van der Waals surface area contributed by atoms with Crippen LogP contribution in [0.2, 0.25) is 0 Å². The highest BCUT2D eigenvalue weighted by atomic mass is 32.1. The van der Waals surface area contributed by atoms with Gasteiger partial charge in [0.2, 0.25) is 0 Å². The molecule has 0 unspecified atom stereocenters. The van der Waals surface area contributed by atoms with E-state index in [2.05, 4.69) is 24.1 Å². The van der Waals surface area contributed by atoms with Gasteiger partial charge in [-0.15, -0.1) is 11.3 Å². The Morgan fingerprint density at radius 3 is 2.52 bits per heavy atom. The van der Waals surface area contributed by atoms with Crippen LogP contribution >= 0.6 is 11.3 Å². The molecule has 1 N–H and O–H groups in total. The number of methoxy groups -OCH3 is 2. The van der Waals surface area contributed by atoms with Crippen molar-refractivity contribution in [3.05, 3.63) is 39.3 Å². The standard InChI is InChI=1S/C17H22N2O3S/c1-10(2)17-19-11(3)15(23-17)16(20)18-9-12-6-7-13(21-4)14(8-12)22-5/h6-8,10H,9H2,1-5H3,(H,18,20). The van der Waals surface area contributed by atoms with Crippen LogP contribution in [0.15, 0.2) is 18.2 Å². The van der Waals surface area contributed by atoms with Gasteiger partial charge in [0.1, 0.15) is 4.88 Å². The maximum absolute atomic E-state index is 12.4. The van der Waals surface area contributed by atoms with Gasteiger partial charge in [-0.3, -0.25) is 4.79 Å². The van der Waals surface area contributed by atoms with Crippen molar-refractivity contribution < 1.29 is 14.3 Å². The van der Waals surface area contributed by atoms with Crippen molar-refractivity contribution in [2.24, 2.45) is 0 Å². The van der Waals surface area contributed by atoms with Gasteiger partial charge in [0, 0.05) is 12.5 Å². The topological polar surface area (TPSA) is 60.5 Å². The number of ether oxygens (including phenoxy) is 2. The molecule has 1 aromatic carbocycles. The summed E-state index contributed by atoms with van der Waals surface area (Å²) in [7, 11) is 3.19. The molecule has 0 saturated carbocycles. The van der Waals surface area contributed by atoms with Gasteiger partial charge in [0.05, 0.1) is 24.9 Å². The number of amides is 1. The van der Waals surface area contributed by atoms with Crippen LogP contribution in [0, 0.1) is 6.92 Å². The number of hydrogen-bond acceptors (Lipinski definition) is 5. The molecule has 124 valence electrons. The number of aryl methyl sites for hydroxylation is 1. The molecule has 0 fully saturated rings. The molecule has 0 atom stereocenters. The molecule has 1 heterocycles. The second kappa shape index (κ2) is 7.46. The SMILES string of the molecule is COc1ccc(CNC(=O)c2sc(C(C)C)nc2C)cc1OC. The van der Waals surface area contributed by atoms with E-state index in [0.29, 0.717) is 28.8 Å². The average Bonchev–Trinajstić information content (AvgIpc) is 2.94. The van der Waals surface area contributed by atoms with Gasteiger partial charge in [-0.05, 0) is 24.6 Å². The summed E-state index contributed by atoms with van der Waals surface area (Å²) in [6, 6.07) is 5.59. The Labute approximate surface area is 140 Å². The van der Waals surface area contributed by atoms with E-state index in [1.807, 2.05) is 25.1 Å². The van der Waals surface area contributed by atoms with E-state index in [-0.39, 0.29) is 5.91 Å². The number of aromatic nitrogens is 1. The van der Waals surface area contributed by atoms with E-state index >= 15 is 0 Å². The van der Waals surface area contributed by atoms with E-state index in [9.17, 15) is 4.79 Å². The average molecular weight is 334 g/mol. The van der Waals surface area contributed by atoms with Gasteiger partial charge in [-0.2, -0.15) is 0 Å². The van der Waals surface area contributed by atoms with E-state index < -0.39 is 0 Å². The Morgan fingerprint density at radius 2 is 1.96 bits per heavy atom. The molecule has 2 rings (SSSR count). The van der Waals surface area contributed by atoms with Crippen molar-refractivity contribution in [1.29, 1.82) is 0 Å². The smallest absolute Gasteiger partial charge is 0.263 e. The quantitative estimate of drug-likeness (QED) is 0.878. The summed E-state index contributed by atoms with van der Waals surface area (Å²) >= 11 is 1.46. The third-order valence-electron chi connectivity index (χ3n) is 3.41. The van der Waals surface area contributed by atoms with Crippen LogP contribution in [0.4, 0.5) is 0 Å². The molecule has 5 nitrogen and oxygen atoms in total. The lowest BCUT2D eigenvalue weighted by Crippen LogP contribution is -2.22. The molecule has 0 aliphatic carbocycles. The van der Waals surface area contributed by atoms with Gasteiger partial charge in [-0.1, -0.05) is 19.9 Å². The van der Waals surface area contributed by atoms with Crippen LogP contribution < -0.4 is 14.8 Å². The summed E-state index contributed by atoms with van der Waals surface area (Å²) in [5.41, 5.74) is 1.73. The number of nitrogens with one attached hydrogen (secondary N) is 1. The van der Waals surface area contributed by atoms with E-state index in [0.717, 1.165) is 16.3 Å². The van der Waals surface area contributed by atoms with E-state index in [1.165, 1.54) is 11.3 Å². The lowest BCUT2D eigenvalue weighted by atomic mass is 10.2. The van der Waals surface area contributed by atoms with Gasteiger partial charge < -0.3 is 14.8 Å². The van der Waals surface area contributed by atoms with Crippen molar-refractivity contribution >= 4 is 17.2 Å². The number of carbonyl (C=O) groups is 1. The first kappa shape index (κ1) is 17.3.